The lowest BCUT2D eigenvalue weighted by atomic mass is 9.95. The lowest BCUT2D eigenvalue weighted by Crippen LogP contribution is -2.22. The highest BCUT2D eigenvalue weighted by molar-refractivity contribution is 5.85. The van der Waals surface area contributed by atoms with E-state index in [0.717, 1.165) is 18.2 Å². The van der Waals surface area contributed by atoms with E-state index in [0.29, 0.717) is 24.4 Å². The Morgan fingerprint density at radius 2 is 2.22 bits per heavy atom. The number of aromatic nitrogens is 3. The van der Waals surface area contributed by atoms with Gasteiger partial charge in [0.15, 0.2) is 0 Å². The number of ether oxygens (including phenoxy) is 1. The predicted octanol–water partition coefficient (Wildman–Crippen LogP) is 2.12. The smallest absolute Gasteiger partial charge is 0.376 e. The largest absolute Gasteiger partial charge is 0.460 e. The molecule has 0 amide bonds. The maximum Gasteiger partial charge on any atom is 0.376 e. The van der Waals surface area contributed by atoms with E-state index in [9.17, 15) is 4.79 Å². The zero-order valence-electron chi connectivity index (χ0n) is 10.9. The summed E-state index contributed by atoms with van der Waals surface area (Å²) in [6.45, 7) is 4.10. The van der Waals surface area contributed by atoms with Gasteiger partial charge in [0.05, 0.1) is 6.61 Å². The standard InChI is InChI=1S/C13H19N3O2/c1-3-18-13(17)12-15-14-8(2)16(12)11-7-9-4-5-10(11)6-9/h9-11H,3-7H2,1-2H3. The molecule has 1 heterocycles. The van der Waals surface area contributed by atoms with Crippen molar-refractivity contribution in [3.8, 4) is 0 Å². The zero-order valence-corrected chi connectivity index (χ0v) is 10.9. The van der Waals surface area contributed by atoms with Crippen LogP contribution in [-0.4, -0.2) is 27.3 Å². The molecule has 18 heavy (non-hydrogen) atoms. The average Bonchev–Trinajstić information content (AvgIpc) is 3.02. The Bertz CT molecular complexity index is 469. The molecule has 3 unspecified atom stereocenters. The van der Waals surface area contributed by atoms with Gasteiger partial charge in [-0.3, -0.25) is 0 Å². The summed E-state index contributed by atoms with van der Waals surface area (Å²) in [5, 5.41) is 8.06. The minimum absolute atomic E-state index is 0.346. The van der Waals surface area contributed by atoms with Crippen molar-refractivity contribution in [2.24, 2.45) is 11.8 Å². The molecule has 0 saturated heterocycles. The van der Waals surface area contributed by atoms with Crippen LogP contribution in [0.15, 0.2) is 0 Å². The molecule has 0 spiro atoms. The lowest BCUT2D eigenvalue weighted by molar-refractivity contribution is 0.0500. The fourth-order valence-corrected chi connectivity index (χ4v) is 3.63. The van der Waals surface area contributed by atoms with Gasteiger partial charge in [0.25, 0.3) is 0 Å². The molecule has 5 heteroatoms. The summed E-state index contributed by atoms with van der Waals surface area (Å²) in [6, 6.07) is 0.401. The molecule has 3 atom stereocenters. The fourth-order valence-electron chi connectivity index (χ4n) is 3.63. The number of fused-ring (bicyclic) bond motifs is 2. The molecule has 2 aliphatic carbocycles. The molecule has 2 aliphatic rings. The first-order chi connectivity index (χ1) is 8.70. The van der Waals surface area contributed by atoms with E-state index in [-0.39, 0.29) is 5.97 Å². The maximum absolute atomic E-state index is 11.9. The Balaban J connectivity index is 1.91. The average molecular weight is 249 g/mol. The van der Waals surface area contributed by atoms with Crippen LogP contribution in [0.1, 0.15) is 55.1 Å². The molecule has 3 rings (SSSR count). The van der Waals surface area contributed by atoms with Crippen LogP contribution in [0.25, 0.3) is 0 Å². The van der Waals surface area contributed by atoms with Gasteiger partial charge in [-0.25, -0.2) is 4.79 Å². The van der Waals surface area contributed by atoms with E-state index in [1.54, 1.807) is 0 Å². The molecule has 2 saturated carbocycles. The molecule has 5 nitrogen and oxygen atoms in total. The van der Waals surface area contributed by atoms with E-state index >= 15 is 0 Å². The van der Waals surface area contributed by atoms with E-state index < -0.39 is 0 Å². The molecule has 0 aromatic carbocycles. The van der Waals surface area contributed by atoms with Gasteiger partial charge >= 0.3 is 5.97 Å². The number of aryl methyl sites for hydroxylation is 1. The van der Waals surface area contributed by atoms with Gasteiger partial charge in [0.2, 0.25) is 5.82 Å². The van der Waals surface area contributed by atoms with Crippen molar-refractivity contribution in [3.63, 3.8) is 0 Å². The second kappa shape index (κ2) is 4.37. The SMILES string of the molecule is CCOC(=O)c1nnc(C)n1C1CC2CCC1C2. The molecule has 2 fully saturated rings. The zero-order chi connectivity index (χ0) is 12.7. The van der Waals surface area contributed by atoms with Crippen molar-refractivity contribution in [1.82, 2.24) is 14.8 Å². The van der Waals surface area contributed by atoms with E-state index in [1.165, 1.54) is 19.3 Å². The molecule has 0 aliphatic heterocycles. The van der Waals surface area contributed by atoms with Crippen molar-refractivity contribution in [3.05, 3.63) is 11.6 Å². The minimum atomic E-state index is -0.346. The van der Waals surface area contributed by atoms with Crippen LogP contribution in [0.4, 0.5) is 0 Å². The summed E-state index contributed by atoms with van der Waals surface area (Å²) in [7, 11) is 0. The molecule has 0 N–H and O–H groups in total. The van der Waals surface area contributed by atoms with Crippen molar-refractivity contribution >= 4 is 5.97 Å². The van der Waals surface area contributed by atoms with Gasteiger partial charge in [0, 0.05) is 6.04 Å². The summed E-state index contributed by atoms with van der Waals surface area (Å²) in [5.74, 6) is 2.39. The third-order valence-electron chi connectivity index (χ3n) is 4.36. The van der Waals surface area contributed by atoms with Crippen molar-refractivity contribution in [2.45, 2.75) is 45.6 Å². The van der Waals surface area contributed by atoms with E-state index in [4.69, 9.17) is 4.74 Å². The van der Waals surface area contributed by atoms with Crippen LogP contribution in [0.2, 0.25) is 0 Å². The van der Waals surface area contributed by atoms with Gasteiger partial charge in [0.1, 0.15) is 5.82 Å². The first kappa shape index (κ1) is 11.7. The monoisotopic (exact) mass is 249 g/mol. The highest BCUT2D eigenvalue weighted by Gasteiger charge is 2.42. The first-order valence-corrected chi connectivity index (χ1v) is 6.79. The van der Waals surface area contributed by atoms with Crippen LogP contribution in [0, 0.1) is 18.8 Å². The molecular formula is C13H19N3O2. The van der Waals surface area contributed by atoms with Gasteiger partial charge in [-0.1, -0.05) is 6.42 Å². The third kappa shape index (κ3) is 1.72. The van der Waals surface area contributed by atoms with Crippen LogP contribution in [0.5, 0.6) is 0 Å². The minimum Gasteiger partial charge on any atom is -0.460 e. The third-order valence-corrected chi connectivity index (χ3v) is 4.36. The summed E-state index contributed by atoms with van der Waals surface area (Å²) in [6.07, 6.45) is 5.08. The van der Waals surface area contributed by atoms with E-state index in [1.807, 2.05) is 18.4 Å². The number of nitrogens with zero attached hydrogens (tertiary/aromatic N) is 3. The Kier molecular flexibility index (Phi) is 2.84. The highest BCUT2D eigenvalue weighted by atomic mass is 16.5. The second-order valence-electron chi connectivity index (χ2n) is 5.40. The Labute approximate surface area is 107 Å². The summed E-state index contributed by atoms with van der Waals surface area (Å²) >= 11 is 0. The lowest BCUT2D eigenvalue weighted by Gasteiger charge is -2.24. The second-order valence-corrected chi connectivity index (χ2v) is 5.40. The number of carbonyl (C=O) groups is 1. The van der Waals surface area contributed by atoms with Gasteiger partial charge < -0.3 is 9.30 Å². The van der Waals surface area contributed by atoms with Gasteiger partial charge in [-0.15, -0.1) is 10.2 Å². The highest BCUT2D eigenvalue weighted by Crippen LogP contribution is 2.51. The number of hydrogen-bond donors (Lipinski definition) is 0. The summed E-state index contributed by atoms with van der Waals surface area (Å²) in [5.41, 5.74) is 0. The summed E-state index contributed by atoms with van der Waals surface area (Å²) in [4.78, 5) is 11.9. The van der Waals surface area contributed by atoms with E-state index in [2.05, 4.69) is 10.2 Å². The molecule has 2 bridgehead atoms. The number of carbonyl (C=O) groups excluding carboxylic acids is 1. The van der Waals surface area contributed by atoms with Gasteiger partial charge in [-0.2, -0.15) is 0 Å². The van der Waals surface area contributed by atoms with Gasteiger partial charge in [-0.05, 0) is 44.9 Å². The number of rotatable bonds is 3. The van der Waals surface area contributed by atoms with Crippen LogP contribution < -0.4 is 0 Å². The van der Waals surface area contributed by atoms with Crippen LogP contribution >= 0.6 is 0 Å². The van der Waals surface area contributed by atoms with Crippen molar-refractivity contribution in [2.75, 3.05) is 6.61 Å². The van der Waals surface area contributed by atoms with Crippen LogP contribution in [0.3, 0.4) is 0 Å². The quantitative estimate of drug-likeness (QED) is 0.770. The number of esters is 1. The Hall–Kier alpha value is -1.39. The molecule has 1 aromatic rings. The summed E-state index contributed by atoms with van der Waals surface area (Å²) < 4.78 is 7.08. The molecule has 98 valence electrons. The fraction of sp³-hybridized carbons (Fsp3) is 0.769. The maximum atomic E-state index is 11.9. The molecule has 0 radical (unpaired) electrons. The first-order valence-electron chi connectivity index (χ1n) is 6.79. The number of hydrogen-bond acceptors (Lipinski definition) is 4. The Morgan fingerprint density at radius 1 is 1.39 bits per heavy atom. The predicted molar refractivity (Wildman–Crippen MR) is 65.2 cm³/mol. The Morgan fingerprint density at radius 3 is 2.83 bits per heavy atom. The topological polar surface area (TPSA) is 57.0 Å². The normalized spacial score (nSPS) is 29.8. The van der Waals surface area contributed by atoms with Crippen molar-refractivity contribution in [1.29, 1.82) is 0 Å². The molecule has 1 aromatic heterocycles. The van der Waals surface area contributed by atoms with Crippen LogP contribution in [-0.2, 0) is 4.74 Å². The molecular weight excluding hydrogens is 230 g/mol. The van der Waals surface area contributed by atoms with Crippen molar-refractivity contribution < 1.29 is 9.53 Å².